The van der Waals surface area contributed by atoms with Crippen LogP contribution < -0.4 is 5.32 Å². The first-order valence-corrected chi connectivity index (χ1v) is 7.75. The molecular formula is C14H15ClFN3OS. The molecule has 4 nitrogen and oxygen atoms in total. The number of carbonyl (C=O) groups is 1. The van der Waals surface area contributed by atoms with Crippen LogP contribution in [0.25, 0.3) is 0 Å². The first-order valence-electron chi connectivity index (χ1n) is 6.38. The quantitative estimate of drug-likeness (QED) is 0.845. The highest BCUT2D eigenvalue weighted by molar-refractivity contribution is 8.00. The lowest BCUT2D eigenvalue weighted by Gasteiger charge is -2.11. The monoisotopic (exact) mass is 327 g/mol. The molecular weight excluding hydrogens is 313 g/mol. The molecule has 7 heteroatoms. The number of anilines is 1. The van der Waals surface area contributed by atoms with Crippen LogP contribution in [0.15, 0.2) is 35.4 Å². The topological polar surface area (TPSA) is 46.9 Å². The molecule has 0 aliphatic carbocycles. The standard InChI is InChI=1S/C14H15ClFN3OS/c1-9(2)19-13(5-6-17-19)18-14(20)8-21-10-3-4-12(16)11(15)7-10/h3-7,9H,8H2,1-2H3,(H,18,20). The molecule has 0 fully saturated rings. The molecule has 0 unspecified atom stereocenters. The number of thioether (sulfide) groups is 1. The van der Waals surface area contributed by atoms with Crippen molar-refractivity contribution in [2.24, 2.45) is 0 Å². The van der Waals surface area contributed by atoms with Gasteiger partial charge in [-0.25, -0.2) is 9.07 Å². The van der Waals surface area contributed by atoms with Crippen LogP contribution >= 0.6 is 23.4 Å². The fraction of sp³-hybridized carbons (Fsp3) is 0.286. The van der Waals surface area contributed by atoms with Gasteiger partial charge in [-0.1, -0.05) is 11.6 Å². The summed E-state index contributed by atoms with van der Waals surface area (Å²) in [6.07, 6.45) is 1.64. The van der Waals surface area contributed by atoms with Crippen molar-refractivity contribution in [3.63, 3.8) is 0 Å². The number of carbonyl (C=O) groups excluding carboxylic acids is 1. The van der Waals surface area contributed by atoms with Gasteiger partial charge in [-0.05, 0) is 32.0 Å². The normalized spacial score (nSPS) is 10.9. The second-order valence-electron chi connectivity index (χ2n) is 4.67. The molecule has 0 aliphatic rings. The number of rotatable bonds is 5. The summed E-state index contributed by atoms with van der Waals surface area (Å²) in [5.74, 6) is 0.257. The Morgan fingerprint density at radius 1 is 1.48 bits per heavy atom. The van der Waals surface area contributed by atoms with Crippen LogP contribution in [0.1, 0.15) is 19.9 Å². The maximum Gasteiger partial charge on any atom is 0.235 e. The van der Waals surface area contributed by atoms with Gasteiger partial charge in [0.25, 0.3) is 0 Å². The number of nitrogens with zero attached hydrogens (tertiary/aromatic N) is 2. The average Bonchev–Trinajstić information content (AvgIpc) is 2.88. The number of aromatic nitrogens is 2. The fourth-order valence-electron chi connectivity index (χ4n) is 1.72. The van der Waals surface area contributed by atoms with Crippen LogP contribution in [-0.4, -0.2) is 21.4 Å². The van der Waals surface area contributed by atoms with E-state index in [1.165, 1.54) is 23.9 Å². The summed E-state index contributed by atoms with van der Waals surface area (Å²) in [6.45, 7) is 3.97. The molecule has 1 aromatic heterocycles. The molecule has 1 N–H and O–H groups in total. The fourth-order valence-corrected chi connectivity index (χ4v) is 2.70. The van der Waals surface area contributed by atoms with Crippen molar-refractivity contribution in [2.45, 2.75) is 24.8 Å². The Morgan fingerprint density at radius 2 is 2.24 bits per heavy atom. The smallest absolute Gasteiger partial charge is 0.235 e. The Balaban J connectivity index is 1.93. The highest BCUT2D eigenvalue weighted by atomic mass is 35.5. The van der Waals surface area contributed by atoms with Gasteiger partial charge in [-0.3, -0.25) is 4.79 Å². The van der Waals surface area contributed by atoms with Gasteiger partial charge in [0.05, 0.1) is 17.0 Å². The number of hydrogen-bond donors (Lipinski definition) is 1. The summed E-state index contributed by atoms with van der Waals surface area (Å²) in [4.78, 5) is 12.7. The van der Waals surface area contributed by atoms with E-state index in [0.717, 1.165) is 4.90 Å². The summed E-state index contributed by atoms with van der Waals surface area (Å²) in [6, 6.07) is 6.30. The van der Waals surface area contributed by atoms with E-state index in [4.69, 9.17) is 11.6 Å². The van der Waals surface area contributed by atoms with Crippen molar-refractivity contribution >= 4 is 35.1 Å². The van der Waals surface area contributed by atoms with Crippen molar-refractivity contribution < 1.29 is 9.18 Å². The molecule has 112 valence electrons. The summed E-state index contributed by atoms with van der Waals surface area (Å²) < 4.78 is 14.8. The Bertz CT molecular complexity index is 645. The predicted molar refractivity (Wildman–Crippen MR) is 83.4 cm³/mol. The molecule has 2 aromatic rings. The molecule has 0 aliphatic heterocycles. The SMILES string of the molecule is CC(C)n1nccc1NC(=O)CSc1ccc(F)c(Cl)c1. The largest absolute Gasteiger partial charge is 0.310 e. The lowest BCUT2D eigenvalue weighted by atomic mass is 10.3. The third kappa shape index (κ3) is 4.22. The van der Waals surface area contributed by atoms with Crippen LogP contribution in [-0.2, 0) is 4.79 Å². The number of benzene rings is 1. The van der Waals surface area contributed by atoms with Crippen molar-refractivity contribution in [1.29, 1.82) is 0 Å². The highest BCUT2D eigenvalue weighted by Crippen LogP contribution is 2.24. The molecule has 2 rings (SSSR count). The minimum atomic E-state index is -0.466. The minimum Gasteiger partial charge on any atom is -0.310 e. The third-order valence-corrected chi connectivity index (χ3v) is 3.97. The van der Waals surface area contributed by atoms with Crippen LogP contribution in [0, 0.1) is 5.82 Å². The highest BCUT2D eigenvalue weighted by Gasteiger charge is 2.10. The second-order valence-corrected chi connectivity index (χ2v) is 6.12. The van der Waals surface area contributed by atoms with E-state index < -0.39 is 5.82 Å². The van der Waals surface area contributed by atoms with Crippen LogP contribution in [0.5, 0.6) is 0 Å². The molecule has 1 amide bonds. The molecule has 0 saturated heterocycles. The van der Waals surface area contributed by atoms with E-state index in [2.05, 4.69) is 10.4 Å². The summed E-state index contributed by atoms with van der Waals surface area (Å²) in [5.41, 5.74) is 0. The van der Waals surface area contributed by atoms with Crippen LogP contribution in [0.4, 0.5) is 10.2 Å². The Morgan fingerprint density at radius 3 is 2.90 bits per heavy atom. The number of amides is 1. The lowest BCUT2D eigenvalue weighted by Crippen LogP contribution is -2.18. The van der Waals surface area contributed by atoms with Crippen molar-refractivity contribution in [2.75, 3.05) is 11.1 Å². The molecule has 1 aromatic carbocycles. The van der Waals surface area contributed by atoms with E-state index in [1.54, 1.807) is 23.0 Å². The average molecular weight is 328 g/mol. The van der Waals surface area contributed by atoms with E-state index in [9.17, 15) is 9.18 Å². The zero-order valence-corrected chi connectivity index (χ0v) is 13.2. The number of nitrogens with one attached hydrogen (secondary N) is 1. The van der Waals surface area contributed by atoms with Gasteiger partial charge in [0.1, 0.15) is 11.6 Å². The van der Waals surface area contributed by atoms with Crippen molar-refractivity contribution in [1.82, 2.24) is 9.78 Å². The summed E-state index contributed by atoms with van der Waals surface area (Å²) in [7, 11) is 0. The van der Waals surface area contributed by atoms with Gasteiger partial charge in [-0.2, -0.15) is 5.10 Å². The van der Waals surface area contributed by atoms with Crippen molar-refractivity contribution in [3.05, 3.63) is 41.3 Å². The molecule has 0 bridgehead atoms. The summed E-state index contributed by atoms with van der Waals surface area (Å²) in [5, 5.41) is 7.00. The Hall–Kier alpha value is -1.53. The van der Waals surface area contributed by atoms with Crippen LogP contribution in [0.2, 0.25) is 5.02 Å². The lowest BCUT2D eigenvalue weighted by molar-refractivity contribution is -0.113. The predicted octanol–water partition coefficient (Wildman–Crippen LogP) is 3.99. The second kappa shape index (κ2) is 6.95. The molecule has 1 heterocycles. The van der Waals surface area contributed by atoms with Gasteiger partial charge in [0.2, 0.25) is 5.91 Å². The molecule has 0 spiro atoms. The van der Waals surface area contributed by atoms with Crippen LogP contribution in [0.3, 0.4) is 0 Å². The number of hydrogen-bond acceptors (Lipinski definition) is 3. The maximum atomic E-state index is 13.0. The Kier molecular flexibility index (Phi) is 5.25. The molecule has 0 atom stereocenters. The van der Waals surface area contributed by atoms with Gasteiger partial charge >= 0.3 is 0 Å². The maximum absolute atomic E-state index is 13.0. The van der Waals surface area contributed by atoms with E-state index in [-0.39, 0.29) is 22.7 Å². The van der Waals surface area contributed by atoms with Gasteiger partial charge < -0.3 is 5.32 Å². The summed E-state index contributed by atoms with van der Waals surface area (Å²) >= 11 is 6.99. The van der Waals surface area contributed by atoms with E-state index >= 15 is 0 Å². The molecule has 21 heavy (non-hydrogen) atoms. The first kappa shape index (κ1) is 15.9. The van der Waals surface area contributed by atoms with E-state index in [0.29, 0.717) is 5.82 Å². The first-order chi connectivity index (χ1) is 9.97. The zero-order chi connectivity index (χ0) is 15.4. The molecule has 0 radical (unpaired) electrons. The Labute approximate surface area is 131 Å². The van der Waals surface area contributed by atoms with E-state index in [1.807, 2.05) is 13.8 Å². The third-order valence-electron chi connectivity index (χ3n) is 2.69. The number of halogens is 2. The minimum absolute atomic E-state index is 0.0540. The zero-order valence-electron chi connectivity index (χ0n) is 11.6. The molecule has 0 saturated carbocycles. The van der Waals surface area contributed by atoms with Crippen molar-refractivity contribution in [3.8, 4) is 0 Å². The van der Waals surface area contributed by atoms with Gasteiger partial charge in [-0.15, -0.1) is 11.8 Å². The van der Waals surface area contributed by atoms with Gasteiger partial charge in [0.15, 0.2) is 0 Å². The van der Waals surface area contributed by atoms with Gasteiger partial charge in [0, 0.05) is 17.0 Å².